The first-order chi connectivity index (χ1) is 18.4. The maximum atomic E-state index is 13.8. The molecule has 1 saturated carbocycles. The highest BCUT2D eigenvalue weighted by molar-refractivity contribution is 5.96. The lowest BCUT2D eigenvalue weighted by Gasteiger charge is -2.22. The van der Waals surface area contributed by atoms with Crippen molar-refractivity contribution < 1.29 is 24.2 Å². The van der Waals surface area contributed by atoms with Crippen LogP contribution in [0.15, 0.2) is 53.3 Å². The van der Waals surface area contributed by atoms with Crippen molar-refractivity contribution in [2.24, 2.45) is 5.92 Å². The van der Waals surface area contributed by atoms with Crippen LogP contribution in [-0.2, 0) is 22.4 Å². The Balaban J connectivity index is 1.76. The number of aromatic carboxylic acids is 1. The first-order valence-electron chi connectivity index (χ1n) is 13.3. The van der Waals surface area contributed by atoms with Crippen LogP contribution < -0.4 is 5.69 Å². The highest BCUT2D eigenvalue weighted by atomic mass is 16.7. The smallest absolute Gasteiger partial charge is 0.336 e. The Morgan fingerprint density at radius 1 is 1.00 bits per heavy atom. The first kappa shape index (κ1) is 27.5. The highest BCUT2D eigenvalue weighted by Crippen LogP contribution is 2.29. The number of aromatic nitrogens is 2. The number of ether oxygens (including phenoxy) is 2. The van der Waals surface area contributed by atoms with E-state index in [1.165, 1.54) is 18.8 Å². The zero-order valence-corrected chi connectivity index (χ0v) is 22.3. The van der Waals surface area contributed by atoms with Gasteiger partial charge in [0.05, 0.1) is 12.1 Å². The van der Waals surface area contributed by atoms with Crippen LogP contribution in [0.5, 0.6) is 0 Å². The van der Waals surface area contributed by atoms with E-state index in [2.05, 4.69) is 0 Å². The number of carbonyl (C=O) groups is 2. The van der Waals surface area contributed by atoms with Crippen molar-refractivity contribution in [2.45, 2.75) is 64.7 Å². The second-order valence-corrected chi connectivity index (χ2v) is 9.81. The Morgan fingerprint density at radius 3 is 2.26 bits per heavy atom. The number of hydrogen-bond donors (Lipinski definition) is 1. The molecular formula is C30H36N2O6. The Kier molecular flexibility index (Phi) is 8.97. The molecule has 0 spiro atoms. The molecule has 1 fully saturated rings. The van der Waals surface area contributed by atoms with Gasteiger partial charge in [0, 0.05) is 25.8 Å². The highest BCUT2D eigenvalue weighted by Gasteiger charge is 2.33. The fourth-order valence-corrected chi connectivity index (χ4v) is 5.47. The third-order valence-corrected chi connectivity index (χ3v) is 7.36. The summed E-state index contributed by atoms with van der Waals surface area (Å²) in [4.78, 5) is 39.2. The number of carboxylic acid groups (broad SMARTS) is 1. The number of rotatable bonds is 10. The lowest BCUT2D eigenvalue weighted by molar-refractivity contribution is -0.110. The maximum absolute atomic E-state index is 13.8. The molecule has 1 aliphatic rings. The zero-order valence-electron chi connectivity index (χ0n) is 22.3. The van der Waals surface area contributed by atoms with E-state index in [0.717, 1.165) is 55.3 Å². The fraction of sp³-hybridized carbons (Fsp3) is 0.433. The second kappa shape index (κ2) is 12.4. The number of benzene rings is 2. The van der Waals surface area contributed by atoms with Gasteiger partial charge >= 0.3 is 11.7 Å². The van der Waals surface area contributed by atoms with E-state index in [0.29, 0.717) is 17.7 Å². The molecule has 38 heavy (non-hydrogen) atoms. The van der Waals surface area contributed by atoms with Crippen molar-refractivity contribution in [3.05, 3.63) is 81.5 Å². The number of carbonyl (C=O) groups excluding carboxylic acids is 1. The summed E-state index contributed by atoms with van der Waals surface area (Å²) >= 11 is 0. The molecule has 8 nitrogen and oxygen atoms in total. The molecule has 1 heterocycles. The first-order valence-corrected chi connectivity index (χ1v) is 13.3. The van der Waals surface area contributed by atoms with E-state index < -0.39 is 12.3 Å². The molecular weight excluding hydrogens is 484 g/mol. The molecule has 0 atom stereocenters. The van der Waals surface area contributed by atoms with Crippen molar-refractivity contribution >= 4 is 11.9 Å². The molecule has 3 aromatic rings. The van der Waals surface area contributed by atoms with Gasteiger partial charge < -0.3 is 14.6 Å². The van der Waals surface area contributed by atoms with Crippen LogP contribution in [-0.4, -0.2) is 40.3 Å². The van der Waals surface area contributed by atoms with Crippen LogP contribution in [0.3, 0.4) is 0 Å². The van der Waals surface area contributed by atoms with Crippen LogP contribution in [0.25, 0.3) is 11.1 Å². The van der Waals surface area contributed by atoms with Gasteiger partial charge in [0.15, 0.2) is 0 Å². The minimum absolute atomic E-state index is 0.180. The monoisotopic (exact) mass is 520 g/mol. The van der Waals surface area contributed by atoms with E-state index in [4.69, 9.17) is 9.47 Å². The topological polar surface area (TPSA) is 99.8 Å². The molecule has 2 aromatic carbocycles. The molecule has 0 saturated heterocycles. The largest absolute Gasteiger partial charge is 0.478 e. The minimum Gasteiger partial charge on any atom is -0.478 e. The number of nitrogens with zero attached hydrogens (tertiary/aromatic N) is 2. The van der Waals surface area contributed by atoms with Crippen LogP contribution in [0, 0.1) is 5.92 Å². The van der Waals surface area contributed by atoms with Crippen molar-refractivity contribution in [1.29, 1.82) is 0 Å². The van der Waals surface area contributed by atoms with Crippen LogP contribution in [0.1, 0.15) is 83.8 Å². The van der Waals surface area contributed by atoms with Crippen molar-refractivity contribution in [3.63, 3.8) is 0 Å². The Hall–Kier alpha value is -3.49. The lowest BCUT2D eigenvalue weighted by atomic mass is 9.88. The standard InChI is InChI=1S/C30H36N2O6/c1-4-10-25-26(29(37-2)38-3)32(27(33)22-11-6-5-7-12-22)30(36)31(25)19-20-15-17-21(18-16-20)23-13-8-9-14-24(23)28(34)35/h8-9,13-18,22,29H,4-7,10-12,19H2,1-3H3,(H,34,35). The van der Waals surface area contributed by atoms with E-state index in [-0.39, 0.29) is 29.6 Å². The quantitative estimate of drug-likeness (QED) is 0.353. The summed E-state index contributed by atoms with van der Waals surface area (Å²) in [6.45, 7) is 2.30. The molecule has 1 aliphatic carbocycles. The molecule has 202 valence electrons. The molecule has 0 aliphatic heterocycles. The summed E-state index contributed by atoms with van der Waals surface area (Å²) in [5, 5.41) is 9.55. The van der Waals surface area contributed by atoms with Gasteiger partial charge in [0.2, 0.25) is 12.2 Å². The SMILES string of the molecule is CCCc1c(C(OC)OC)n(C(=O)C2CCCCC2)c(=O)n1Cc1ccc(-c2ccccc2C(=O)O)cc1. The molecule has 0 bridgehead atoms. The summed E-state index contributed by atoms with van der Waals surface area (Å²) in [5.74, 6) is -1.35. The van der Waals surface area contributed by atoms with Crippen molar-refractivity contribution in [1.82, 2.24) is 9.13 Å². The predicted molar refractivity (Wildman–Crippen MR) is 145 cm³/mol. The van der Waals surface area contributed by atoms with Crippen LogP contribution >= 0.6 is 0 Å². The second-order valence-electron chi connectivity index (χ2n) is 9.81. The van der Waals surface area contributed by atoms with Gasteiger partial charge in [-0.25, -0.2) is 14.2 Å². The van der Waals surface area contributed by atoms with Crippen molar-refractivity contribution in [2.75, 3.05) is 14.2 Å². The average molecular weight is 521 g/mol. The van der Waals surface area contributed by atoms with Crippen molar-refractivity contribution in [3.8, 4) is 11.1 Å². The molecule has 8 heteroatoms. The molecule has 1 aromatic heterocycles. The van der Waals surface area contributed by atoms with Crippen LogP contribution in [0.4, 0.5) is 0 Å². The number of carboxylic acids is 1. The van der Waals surface area contributed by atoms with E-state index in [1.54, 1.807) is 22.8 Å². The van der Waals surface area contributed by atoms with E-state index >= 15 is 0 Å². The van der Waals surface area contributed by atoms with E-state index in [1.807, 2.05) is 37.3 Å². The molecule has 0 unspecified atom stereocenters. The molecule has 1 N–H and O–H groups in total. The number of methoxy groups -OCH3 is 2. The number of hydrogen-bond acceptors (Lipinski definition) is 5. The molecule has 4 rings (SSSR count). The van der Waals surface area contributed by atoms with Gasteiger partial charge in [-0.2, -0.15) is 0 Å². The zero-order chi connectivity index (χ0) is 27.2. The van der Waals surface area contributed by atoms with Gasteiger partial charge in [-0.05, 0) is 42.0 Å². The summed E-state index contributed by atoms with van der Waals surface area (Å²) in [5.41, 5.74) is 3.33. The van der Waals surface area contributed by atoms with Crippen LogP contribution in [0.2, 0.25) is 0 Å². The van der Waals surface area contributed by atoms with Gasteiger partial charge in [-0.1, -0.05) is 75.1 Å². The average Bonchev–Trinajstić information content (AvgIpc) is 3.20. The minimum atomic E-state index is -0.984. The summed E-state index contributed by atoms with van der Waals surface area (Å²) in [6, 6.07) is 14.4. The third-order valence-electron chi connectivity index (χ3n) is 7.36. The van der Waals surface area contributed by atoms with Gasteiger partial charge in [-0.3, -0.25) is 9.36 Å². The molecule has 0 amide bonds. The number of imidazole rings is 1. The van der Waals surface area contributed by atoms with Gasteiger partial charge in [-0.15, -0.1) is 0 Å². The Labute approximate surface area is 222 Å². The van der Waals surface area contributed by atoms with Gasteiger partial charge in [0.25, 0.3) is 0 Å². The lowest BCUT2D eigenvalue weighted by Crippen LogP contribution is -2.35. The summed E-state index contributed by atoms with van der Waals surface area (Å²) < 4.78 is 14.1. The van der Waals surface area contributed by atoms with E-state index in [9.17, 15) is 19.5 Å². The fourth-order valence-electron chi connectivity index (χ4n) is 5.47. The summed E-state index contributed by atoms with van der Waals surface area (Å²) in [6.07, 6.45) is 5.16. The summed E-state index contributed by atoms with van der Waals surface area (Å²) in [7, 11) is 3.02. The molecule has 0 radical (unpaired) electrons. The Bertz CT molecular complexity index is 1330. The normalized spacial score (nSPS) is 14.2. The van der Waals surface area contributed by atoms with Gasteiger partial charge in [0.1, 0.15) is 5.69 Å². The third kappa shape index (κ3) is 5.51. The maximum Gasteiger partial charge on any atom is 0.336 e. The Morgan fingerprint density at radius 2 is 1.66 bits per heavy atom. The predicted octanol–water partition coefficient (Wildman–Crippen LogP) is 5.53.